The molecule has 0 spiro atoms. The first-order chi connectivity index (χ1) is 11.3. The molecule has 0 atom stereocenters. The van der Waals surface area contributed by atoms with Crippen molar-refractivity contribution in [2.45, 2.75) is 13.3 Å². The van der Waals surface area contributed by atoms with Gasteiger partial charge < -0.3 is 10.0 Å². The number of nitrogens with zero attached hydrogens (tertiary/aromatic N) is 5. The highest BCUT2D eigenvalue weighted by Crippen LogP contribution is 2.39. The molecule has 0 radical (unpaired) electrons. The van der Waals surface area contributed by atoms with Gasteiger partial charge in [0.25, 0.3) is 0 Å². The van der Waals surface area contributed by atoms with Crippen LogP contribution in [0.15, 0.2) is 43.0 Å². The number of anilines is 2. The van der Waals surface area contributed by atoms with E-state index in [1.807, 2.05) is 29.1 Å². The Balaban J connectivity index is 2.03. The standard InChI is InChI=1S/C17H17N5O/c1-2-21-16-13(10-12(5-9-23)11-20-16)15-19-7-8-22(15)14-4-3-6-18-17(14)21/h3-4,6-8,10-11,23H,2,5,9H2,1H3. The molecule has 0 unspecified atom stereocenters. The lowest BCUT2D eigenvalue weighted by molar-refractivity contribution is 0.299. The highest BCUT2D eigenvalue weighted by atomic mass is 16.2. The Morgan fingerprint density at radius 1 is 1.13 bits per heavy atom. The fraction of sp³-hybridized carbons (Fsp3) is 0.235. The Bertz CT molecular complexity index is 858. The van der Waals surface area contributed by atoms with Crippen LogP contribution in [0.1, 0.15) is 12.5 Å². The minimum atomic E-state index is 0.105. The van der Waals surface area contributed by atoms with Crippen molar-refractivity contribution in [3.63, 3.8) is 0 Å². The molecule has 1 aliphatic rings. The van der Waals surface area contributed by atoms with Gasteiger partial charge in [-0.15, -0.1) is 0 Å². The first kappa shape index (κ1) is 13.9. The van der Waals surface area contributed by atoms with Gasteiger partial charge in [-0.25, -0.2) is 15.0 Å². The van der Waals surface area contributed by atoms with Crippen LogP contribution in [0.2, 0.25) is 0 Å². The molecule has 116 valence electrons. The molecule has 3 aromatic rings. The monoisotopic (exact) mass is 307 g/mol. The third-order valence-electron chi connectivity index (χ3n) is 4.06. The maximum atomic E-state index is 9.21. The lowest BCUT2D eigenvalue weighted by atomic mass is 10.1. The van der Waals surface area contributed by atoms with E-state index < -0.39 is 0 Å². The van der Waals surface area contributed by atoms with Crippen molar-refractivity contribution < 1.29 is 5.11 Å². The van der Waals surface area contributed by atoms with Gasteiger partial charge >= 0.3 is 0 Å². The summed E-state index contributed by atoms with van der Waals surface area (Å²) in [7, 11) is 0. The molecule has 1 aliphatic heterocycles. The zero-order valence-electron chi connectivity index (χ0n) is 12.8. The van der Waals surface area contributed by atoms with Crippen molar-refractivity contribution in [3.8, 4) is 17.1 Å². The maximum Gasteiger partial charge on any atom is 0.158 e. The summed E-state index contributed by atoms with van der Waals surface area (Å²) in [6, 6.07) is 6.03. The van der Waals surface area contributed by atoms with Gasteiger partial charge in [0.1, 0.15) is 11.6 Å². The van der Waals surface area contributed by atoms with E-state index in [1.165, 1.54) is 0 Å². The average Bonchev–Trinajstić information content (AvgIpc) is 3.03. The van der Waals surface area contributed by atoms with Crippen molar-refractivity contribution in [3.05, 3.63) is 48.5 Å². The molecular formula is C17H17N5O. The van der Waals surface area contributed by atoms with Crippen LogP contribution in [0.5, 0.6) is 0 Å². The molecule has 4 heterocycles. The summed E-state index contributed by atoms with van der Waals surface area (Å²) in [5, 5.41) is 9.21. The zero-order valence-corrected chi connectivity index (χ0v) is 12.8. The third kappa shape index (κ3) is 2.10. The molecule has 0 bridgehead atoms. The van der Waals surface area contributed by atoms with Gasteiger partial charge in [0.05, 0.1) is 11.3 Å². The number of rotatable bonds is 3. The number of aromatic nitrogens is 4. The van der Waals surface area contributed by atoms with Gasteiger partial charge in [0, 0.05) is 37.9 Å². The molecule has 6 heteroatoms. The molecule has 0 aliphatic carbocycles. The average molecular weight is 307 g/mol. The van der Waals surface area contributed by atoms with E-state index in [0.717, 1.165) is 40.8 Å². The Morgan fingerprint density at radius 2 is 2.04 bits per heavy atom. The van der Waals surface area contributed by atoms with Crippen LogP contribution >= 0.6 is 0 Å². The smallest absolute Gasteiger partial charge is 0.158 e. The Kier molecular flexibility index (Phi) is 3.31. The van der Waals surface area contributed by atoms with Crippen LogP contribution in [0.25, 0.3) is 17.1 Å². The molecule has 0 fully saturated rings. The van der Waals surface area contributed by atoms with Crippen molar-refractivity contribution >= 4 is 11.6 Å². The van der Waals surface area contributed by atoms with Crippen molar-refractivity contribution in [2.75, 3.05) is 18.1 Å². The predicted molar refractivity (Wildman–Crippen MR) is 88.1 cm³/mol. The van der Waals surface area contributed by atoms with Crippen LogP contribution in [-0.4, -0.2) is 37.8 Å². The van der Waals surface area contributed by atoms with E-state index in [4.69, 9.17) is 0 Å². The van der Waals surface area contributed by atoms with E-state index in [2.05, 4.69) is 32.8 Å². The minimum absolute atomic E-state index is 0.105. The van der Waals surface area contributed by atoms with E-state index >= 15 is 0 Å². The van der Waals surface area contributed by atoms with E-state index in [1.54, 1.807) is 12.4 Å². The van der Waals surface area contributed by atoms with Crippen molar-refractivity contribution in [1.29, 1.82) is 0 Å². The fourth-order valence-electron chi connectivity index (χ4n) is 3.03. The molecule has 1 N–H and O–H groups in total. The van der Waals surface area contributed by atoms with Gasteiger partial charge in [-0.3, -0.25) is 4.57 Å². The highest BCUT2D eigenvalue weighted by molar-refractivity contribution is 5.82. The predicted octanol–water partition coefficient (Wildman–Crippen LogP) is 2.34. The number of pyridine rings is 2. The zero-order chi connectivity index (χ0) is 15.8. The summed E-state index contributed by atoms with van der Waals surface area (Å²) < 4.78 is 2.04. The number of fused-ring (bicyclic) bond motifs is 5. The molecule has 0 saturated heterocycles. The minimum Gasteiger partial charge on any atom is -0.396 e. The van der Waals surface area contributed by atoms with Crippen LogP contribution in [0.4, 0.5) is 11.6 Å². The second-order valence-corrected chi connectivity index (χ2v) is 5.40. The summed E-state index contributed by atoms with van der Waals surface area (Å²) in [6.07, 6.45) is 7.92. The molecule has 23 heavy (non-hydrogen) atoms. The van der Waals surface area contributed by atoms with Gasteiger partial charge in [0.2, 0.25) is 0 Å². The van der Waals surface area contributed by atoms with E-state index in [0.29, 0.717) is 6.42 Å². The van der Waals surface area contributed by atoms with Crippen LogP contribution in [0.3, 0.4) is 0 Å². The number of hydrogen-bond acceptors (Lipinski definition) is 5. The lowest BCUT2D eigenvalue weighted by Crippen LogP contribution is -2.19. The van der Waals surface area contributed by atoms with E-state index in [-0.39, 0.29) is 6.61 Å². The topological polar surface area (TPSA) is 67.1 Å². The first-order valence-corrected chi connectivity index (χ1v) is 7.70. The van der Waals surface area contributed by atoms with Crippen molar-refractivity contribution in [2.24, 2.45) is 0 Å². The summed E-state index contributed by atoms with van der Waals surface area (Å²) in [5.74, 6) is 2.56. The molecule has 4 rings (SSSR count). The maximum absolute atomic E-state index is 9.21. The molecule has 6 nitrogen and oxygen atoms in total. The fourth-order valence-corrected chi connectivity index (χ4v) is 3.03. The van der Waals surface area contributed by atoms with Gasteiger partial charge in [-0.2, -0.15) is 0 Å². The number of imidazole rings is 1. The quantitative estimate of drug-likeness (QED) is 0.804. The molecule has 0 aromatic carbocycles. The van der Waals surface area contributed by atoms with Crippen LogP contribution in [0, 0.1) is 0 Å². The summed E-state index contributed by atoms with van der Waals surface area (Å²) in [6.45, 7) is 2.95. The summed E-state index contributed by atoms with van der Waals surface area (Å²) in [5.41, 5.74) is 2.94. The molecule has 0 saturated carbocycles. The number of aliphatic hydroxyl groups is 1. The van der Waals surface area contributed by atoms with Gasteiger partial charge in [-0.05, 0) is 37.1 Å². The first-order valence-electron chi connectivity index (χ1n) is 7.70. The second-order valence-electron chi connectivity index (χ2n) is 5.40. The Labute approximate surface area is 134 Å². The van der Waals surface area contributed by atoms with Crippen molar-refractivity contribution in [1.82, 2.24) is 19.5 Å². The van der Waals surface area contributed by atoms with E-state index in [9.17, 15) is 5.11 Å². The Hall–Kier alpha value is -2.73. The molecule has 3 aromatic heterocycles. The molecule has 0 amide bonds. The molecular weight excluding hydrogens is 290 g/mol. The largest absolute Gasteiger partial charge is 0.396 e. The third-order valence-corrected chi connectivity index (χ3v) is 4.06. The van der Waals surface area contributed by atoms with Crippen LogP contribution < -0.4 is 4.90 Å². The Morgan fingerprint density at radius 3 is 2.87 bits per heavy atom. The van der Waals surface area contributed by atoms with Gasteiger partial charge in [-0.1, -0.05) is 0 Å². The highest BCUT2D eigenvalue weighted by Gasteiger charge is 2.26. The summed E-state index contributed by atoms with van der Waals surface area (Å²) in [4.78, 5) is 15.8. The second kappa shape index (κ2) is 5.48. The number of aliphatic hydroxyl groups excluding tert-OH is 1. The number of hydrogen-bond donors (Lipinski definition) is 1. The van der Waals surface area contributed by atoms with Gasteiger partial charge in [0.15, 0.2) is 5.82 Å². The summed E-state index contributed by atoms with van der Waals surface area (Å²) >= 11 is 0. The SMILES string of the molecule is CCN1c2ncc(CCO)cc2-c2nccn2-c2cccnc21. The van der Waals surface area contributed by atoms with Crippen LogP contribution in [-0.2, 0) is 6.42 Å². The normalized spacial score (nSPS) is 12.3. The lowest BCUT2D eigenvalue weighted by Gasteiger charge is -2.22.